The van der Waals surface area contributed by atoms with Gasteiger partial charge in [0.1, 0.15) is 4.90 Å². The fraction of sp³-hybridized carbons (Fsp3) is 0.389. The largest absolute Gasteiger partial charge is 0.329 e. The number of aromatic nitrogens is 2. The molecule has 0 atom stereocenters. The molecule has 6 nitrogen and oxygen atoms in total. The molecular formula is C18H25N4O2S+. The van der Waals surface area contributed by atoms with E-state index in [-0.39, 0.29) is 0 Å². The molecule has 0 bridgehead atoms. The third kappa shape index (κ3) is 4.36. The van der Waals surface area contributed by atoms with Gasteiger partial charge in [-0.05, 0) is 18.6 Å². The lowest BCUT2D eigenvalue weighted by Gasteiger charge is -2.30. The molecule has 0 spiro atoms. The van der Waals surface area contributed by atoms with Crippen molar-refractivity contribution in [3.05, 3.63) is 54.4 Å². The number of hydrogen-bond acceptors (Lipinski definition) is 3. The fourth-order valence-electron chi connectivity index (χ4n) is 2.97. The normalized spacial score (nSPS) is 17.3. The summed E-state index contributed by atoms with van der Waals surface area (Å²) < 4.78 is 28.6. The van der Waals surface area contributed by atoms with Gasteiger partial charge in [0, 0.05) is 12.7 Å². The highest BCUT2D eigenvalue weighted by molar-refractivity contribution is 7.89. The Kier molecular flexibility index (Phi) is 5.67. The summed E-state index contributed by atoms with van der Waals surface area (Å²) in [4.78, 5) is 1.70. The SMILES string of the molecule is CCn1cc(S(=O)(=O)N2CC[NH+](C/C=C/c3ccccc3)CC2)cn1. The standard InChI is InChI=1S/C18H24N4O2S/c1-2-21-16-18(15-19-21)25(23,24)22-13-11-20(12-14-22)10-6-9-17-7-4-3-5-8-17/h3-9,15-16H,2,10-14H2,1H3/p+1/b9-6+. The van der Waals surface area contributed by atoms with Crippen molar-refractivity contribution in [2.24, 2.45) is 0 Å². The zero-order chi connectivity index (χ0) is 17.7. The molecule has 0 saturated carbocycles. The van der Waals surface area contributed by atoms with E-state index in [1.807, 2.05) is 25.1 Å². The molecule has 7 heteroatoms. The second kappa shape index (κ2) is 7.95. The summed E-state index contributed by atoms with van der Waals surface area (Å²) in [6, 6.07) is 10.2. The van der Waals surface area contributed by atoms with Crippen molar-refractivity contribution in [2.75, 3.05) is 32.7 Å². The molecule has 2 heterocycles. The van der Waals surface area contributed by atoms with Crippen LogP contribution in [-0.2, 0) is 16.6 Å². The number of aryl methyl sites for hydroxylation is 1. The van der Waals surface area contributed by atoms with Crippen molar-refractivity contribution in [1.29, 1.82) is 0 Å². The zero-order valence-electron chi connectivity index (χ0n) is 14.5. The maximum Gasteiger partial charge on any atom is 0.246 e. The first-order valence-electron chi connectivity index (χ1n) is 8.67. The van der Waals surface area contributed by atoms with E-state index in [0.717, 1.165) is 19.6 Å². The number of hydrogen-bond donors (Lipinski definition) is 1. The zero-order valence-corrected chi connectivity index (χ0v) is 15.3. The second-order valence-electron chi connectivity index (χ2n) is 6.20. The molecule has 1 N–H and O–H groups in total. The van der Waals surface area contributed by atoms with E-state index in [0.29, 0.717) is 24.5 Å². The molecule has 1 aliphatic rings. The van der Waals surface area contributed by atoms with Gasteiger partial charge in [0.15, 0.2) is 0 Å². The molecule has 1 aromatic carbocycles. The lowest BCUT2D eigenvalue weighted by Crippen LogP contribution is -3.14. The molecule has 1 aliphatic heterocycles. The highest BCUT2D eigenvalue weighted by Gasteiger charge is 2.30. The number of nitrogens with one attached hydrogen (secondary N) is 1. The van der Waals surface area contributed by atoms with E-state index in [1.165, 1.54) is 16.7 Å². The van der Waals surface area contributed by atoms with Gasteiger partial charge in [-0.3, -0.25) is 4.68 Å². The summed E-state index contributed by atoms with van der Waals surface area (Å²) >= 11 is 0. The Morgan fingerprint density at radius 3 is 2.56 bits per heavy atom. The summed E-state index contributed by atoms with van der Waals surface area (Å²) in [6.07, 6.45) is 7.34. The summed E-state index contributed by atoms with van der Waals surface area (Å²) in [7, 11) is -3.42. The minimum absolute atomic E-state index is 0.293. The summed E-state index contributed by atoms with van der Waals surface area (Å²) in [5.74, 6) is 0. The third-order valence-corrected chi connectivity index (χ3v) is 6.37. The number of sulfonamides is 1. The molecule has 1 fully saturated rings. The van der Waals surface area contributed by atoms with Gasteiger partial charge in [0.2, 0.25) is 10.0 Å². The highest BCUT2D eigenvalue weighted by atomic mass is 32.2. The van der Waals surface area contributed by atoms with Gasteiger partial charge in [-0.25, -0.2) is 8.42 Å². The first kappa shape index (κ1) is 17.8. The van der Waals surface area contributed by atoms with Crippen LogP contribution in [0.1, 0.15) is 12.5 Å². The Labute approximate surface area is 149 Å². The van der Waals surface area contributed by atoms with E-state index in [4.69, 9.17) is 0 Å². The van der Waals surface area contributed by atoms with Crippen molar-refractivity contribution in [3.8, 4) is 0 Å². The van der Waals surface area contributed by atoms with E-state index < -0.39 is 10.0 Å². The first-order chi connectivity index (χ1) is 12.1. The van der Waals surface area contributed by atoms with Crippen molar-refractivity contribution >= 4 is 16.1 Å². The summed E-state index contributed by atoms with van der Waals surface area (Å²) in [6.45, 7) is 6.26. The first-order valence-corrected chi connectivity index (χ1v) is 10.1. The van der Waals surface area contributed by atoms with E-state index in [2.05, 4.69) is 29.4 Å². The Hall–Kier alpha value is -1.96. The van der Waals surface area contributed by atoms with Crippen LogP contribution in [0.4, 0.5) is 0 Å². The van der Waals surface area contributed by atoms with Gasteiger partial charge in [0.05, 0.1) is 38.9 Å². The van der Waals surface area contributed by atoms with Crippen LogP contribution in [0.3, 0.4) is 0 Å². The van der Waals surface area contributed by atoms with Gasteiger partial charge in [0.25, 0.3) is 0 Å². The van der Waals surface area contributed by atoms with Gasteiger partial charge in [-0.2, -0.15) is 9.40 Å². The fourth-order valence-corrected chi connectivity index (χ4v) is 4.37. The predicted octanol–water partition coefficient (Wildman–Crippen LogP) is 0.506. The molecule has 2 aromatic rings. The van der Waals surface area contributed by atoms with Crippen LogP contribution >= 0.6 is 0 Å². The Morgan fingerprint density at radius 1 is 1.20 bits per heavy atom. The minimum Gasteiger partial charge on any atom is -0.329 e. The predicted molar refractivity (Wildman–Crippen MR) is 97.7 cm³/mol. The smallest absolute Gasteiger partial charge is 0.246 e. The van der Waals surface area contributed by atoms with Gasteiger partial charge < -0.3 is 4.90 Å². The van der Waals surface area contributed by atoms with E-state index in [1.54, 1.807) is 15.2 Å². The topological polar surface area (TPSA) is 59.6 Å². The van der Waals surface area contributed by atoms with Crippen LogP contribution in [0, 0.1) is 0 Å². The van der Waals surface area contributed by atoms with E-state index >= 15 is 0 Å². The van der Waals surface area contributed by atoms with Gasteiger partial charge in [-0.15, -0.1) is 0 Å². The Morgan fingerprint density at radius 2 is 1.92 bits per heavy atom. The van der Waals surface area contributed by atoms with Crippen LogP contribution in [-0.4, -0.2) is 55.2 Å². The molecule has 1 aromatic heterocycles. The number of benzene rings is 1. The Bertz CT molecular complexity index is 807. The van der Waals surface area contributed by atoms with Crippen molar-refractivity contribution in [1.82, 2.24) is 14.1 Å². The molecule has 0 radical (unpaired) electrons. The van der Waals surface area contributed by atoms with Crippen LogP contribution < -0.4 is 4.90 Å². The molecule has 3 rings (SSSR count). The average Bonchev–Trinajstić information content (AvgIpc) is 3.13. The highest BCUT2D eigenvalue weighted by Crippen LogP contribution is 2.14. The van der Waals surface area contributed by atoms with Crippen molar-refractivity contribution in [2.45, 2.75) is 18.4 Å². The number of quaternary nitrogens is 1. The minimum atomic E-state index is -3.42. The maximum atomic E-state index is 12.7. The van der Waals surface area contributed by atoms with Crippen molar-refractivity contribution in [3.63, 3.8) is 0 Å². The number of nitrogens with zero attached hydrogens (tertiary/aromatic N) is 3. The third-order valence-electron chi connectivity index (χ3n) is 4.52. The lowest BCUT2D eigenvalue weighted by atomic mass is 10.2. The maximum absolute atomic E-state index is 12.7. The number of rotatable bonds is 6. The molecule has 0 amide bonds. The second-order valence-corrected chi connectivity index (χ2v) is 8.14. The summed E-state index contributed by atoms with van der Waals surface area (Å²) in [5.41, 5.74) is 1.19. The molecular weight excluding hydrogens is 336 g/mol. The van der Waals surface area contributed by atoms with Crippen LogP contribution in [0.2, 0.25) is 0 Å². The summed E-state index contributed by atoms with van der Waals surface area (Å²) in [5, 5.41) is 4.08. The lowest BCUT2D eigenvalue weighted by molar-refractivity contribution is -0.897. The monoisotopic (exact) mass is 361 g/mol. The Balaban J connectivity index is 1.53. The quantitative estimate of drug-likeness (QED) is 0.815. The van der Waals surface area contributed by atoms with Crippen LogP contribution in [0.25, 0.3) is 6.08 Å². The molecule has 1 saturated heterocycles. The molecule has 134 valence electrons. The van der Waals surface area contributed by atoms with Gasteiger partial charge >= 0.3 is 0 Å². The van der Waals surface area contributed by atoms with Gasteiger partial charge in [-0.1, -0.05) is 36.4 Å². The number of piperazine rings is 1. The molecule has 25 heavy (non-hydrogen) atoms. The van der Waals surface area contributed by atoms with Crippen LogP contribution in [0.15, 0.2) is 53.7 Å². The van der Waals surface area contributed by atoms with Crippen molar-refractivity contribution < 1.29 is 13.3 Å². The van der Waals surface area contributed by atoms with Crippen LogP contribution in [0.5, 0.6) is 0 Å². The van der Waals surface area contributed by atoms with E-state index in [9.17, 15) is 8.42 Å². The molecule has 0 aliphatic carbocycles. The molecule has 0 unspecified atom stereocenters. The average molecular weight is 361 g/mol.